The van der Waals surface area contributed by atoms with Crippen LogP contribution < -0.4 is 10.6 Å². The summed E-state index contributed by atoms with van der Waals surface area (Å²) >= 11 is 0. The number of amides is 1. The van der Waals surface area contributed by atoms with Crippen LogP contribution in [-0.2, 0) is 4.79 Å². The lowest BCUT2D eigenvalue weighted by Gasteiger charge is -2.09. The molecule has 1 saturated heterocycles. The lowest BCUT2D eigenvalue weighted by Crippen LogP contribution is -2.50. The molecule has 0 aromatic heterocycles. The number of nitrogens with one attached hydrogen (secondary N) is 2. The van der Waals surface area contributed by atoms with Crippen molar-refractivity contribution in [1.29, 1.82) is 0 Å². The Balaban J connectivity index is 3.26. The summed E-state index contributed by atoms with van der Waals surface area (Å²) < 4.78 is 0. The highest BCUT2D eigenvalue weighted by Crippen LogP contribution is 2.17. The third-order valence-corrected chi connectivity index (χ3v) is 1.98. The smallest absolute Gasteiger partial charge is 0.293 e. The number of carbonyl (C=O) groups is 1. The first-order valence-electron chi connectivity index (χ1n) is 3.97. The molecule has 12 nitrogen and oxygen atoms in total. The average Bonchev–Trinajstić information content (AvgIpc) is 2.42. The van der Waals surface area contributed by atoms with Crippen molar-refractivity contribution in [3.63, 3.8) is 0 Å². The quantitative estimate of drug-likeness (QED) is 0.442. The molecule has 1 aliphatic heterocycles. The minimum Gasteiger partial charge on any atom is -0.293 e. The van der Waals surface area contributed by atoms with Crippen molar-refractivity contribution in [2.75, 3.05) is 0 Å². The Hall–Kier alpha value is -2.79. The highest BCUT2D eigenvalue weighted by Gasteiger charge is 2.56. The van der Waals surface area contributed by atoms with E-state index < -0.39 is 38.0 Å². The van der Waals surface area contributed by atoms with Gasteiger partial charge in [-0.15, -0.1) is 0 Å². The van der Waals surface area contributed by atoms with Crippen molar-refractivity contribution < 1.29 is 19.6 Å². The summed E-state index contributed by atoms with van der Waals surface area (Å²) in [6.07, 6.45) is 0. The van der Waals surface area contributed by atoms with Gasteiger partial charge in [0.2, 0.25) is 0 Å². The van der Waals surface area contributed by atoms with Crippen molar-refractivity contribution in [3.05, 3.63) is 42.0 Å². The first-order valence-corrected chi connectivity index (χ1v) is 3.97. The molecule has 0 aromatic rings. The average molecular weight is 247 g/mol. The molecule has 92 valence electrons. The van der Waals surface area contributed by atoms with E-state index in [-0.39, 0.29) is 0 Å². The summed E-state index contributed by atoms with van der Waals surface area (Å²) in [6.45, 7) is 0.826. The van der Waals surface area contributed by atoms with Gasteiger partial charge in [-0.2, -0.15) is 0 Å². The fourth-order valence-corrected chi connectivity index (χ4v) is 1.06. The van der Waals surface area contributed by atoms with Gasteiger partial charge in [0.15, 0.2) is 0 Å². The van der Waals surface area contributed by atoms with E-state index in [9.17, 15) is 35.1 Å². The van der Waals surface area contributed by atoms with Crippen molar-refractivity contribution in [3.8, 4) is 0 Å². The Morgan fingerprint density at radius 2 is 1.65 bits per heavy atom. The fraction of sp³-hybridized carbons (Fsp3) is 0.400. The zero-order valence-electron chi connectivity index (χ0n) is 8.20. The maximum absolute atomic E-state index is 11.2. The lowest BCUT2D eigenvalue weighted by atomic mass is 10.2. The van der Waals surface area contributed by atoms with Crippen molar-refractivity contribution in [1.82, 2.24) is 10.6 Å². The topological polar surface area (TPSA) is 171 Å². The van der Waals surface area contributed by atoms with Crippen molar-refractivity contribution >= 4 is 5.91 Å². The summed E-state index contributed by atoms with van der Waals surface area (Å²) in [5.41, 5.74) is -2.37. The molecule has 0 bridgehead atoms. The maximum Gasteiger partial charge on any atom is 0.599 e. The van der Waals surface area contributed by atoms with Crippen LogP contribution in [0.25, 0.3) is 0 Å². The molecule has 1 atom stereocenters. The molecule has 1 rings (SSSR count). The number of hydrogen-bond acceptors (Lipinski definition) is 8. The van der Waals surface area contributed by atoms with Gasteiger partial charge in [0.1, 0.15) is 9.85 Å². The van der Waals surface area contributed by atoms with Gasteiger partial charge < -0.3 is 0 Å². The van der Waals surface area contributed by atoms with Gasteiger partial charge in [0.25, 0.3) is 5.82 Å². The van der Waals surface area contributed by atoms with Crippen LogP contribution in [0.15, 0.2) is 11.6 Å². The largest absolute Gasteiger partial charge is 0.599 e. The molecule has 2 N–H and O–H groups in total. The summed E-state index contributed by atoms with van der Waals surface area (Å²) in [4.78, 5) is 38.7. The van der Waals surface area contributed by atoms with E-state index in [4.69, 9.17) is 0 Å². The Bertz CT molecular complexity index is 453. The summed E-state index contributed by atoms with van der Waals surface area (Å²) in [5, 5.41) is 34.8. The summed E-state index contributed by atoms with van der Waals surface area (Å²) in [7, 11) is 0. The van der Waals surface area contributed by atoms with Crippen LogP contribution in [0.4, 0.5) is 0 Å². The zero-order valence-corrected chi connectivity index (χ0v) is 8.20. The number of hydrogen-bond donors (Lipinski definition) is 2. The molecule has 1 amide bonds. The second kappa shape index (κ2) is 3.66. The van der Waals surface area contributed by atoms with Crippen LogP contribution in [-0.4, -0.2) is 26.3 Å². The van der Waals surface area contributed by atoms with Crippen molar-refractivity contribution in [2.45, 2.75) is 12.6 Å². The third-order valence-electron chi connectivity index (χ3n) is 1.98. The third kappa shape index (κ3) is 1.82. The predicted molar refractivity (Wildman–Crippen MR) is 47.7 cm³/mol. The monoisotopic (exact) mass is 247 g/mol. The van der Waals surface area contributed by atoms with E-state index in [0.717, 1.165) is 6.92 Å². The van der Waals surface area contributed by atoms with Gasteiger partial charge in [-0.1, -0.05) is 0 Å². The molecule has 0 aliphatic carbocycles. The standard InChI is InChI=1S/C5H5N5O7/c1-5(10(16)17)4(11)6-2(7-5)3(8(12)13)9(14)15/h7H,1H3,(H,6,11). The Morgan fingerprint density at radius 1 is 1.18 bits per heavy atom. The molecule has 1 heterocycles. The number of rotatable bonds is 3. The first kappa shape index (κ1) is 12.3. The normalized spacial score (nSPS) is 22.6. The molecule has 0 radical (unpaired) electrons. The zero-order chi connectivity index (χ0) is 13.4. The van der Waals surface area contributed by atoms with Crippen molar-refractivity contribution in [2.24, 2.45) is 0 Å². The second-order valence-corrected chi connectivity index (χ2v) is 3.12. The lowest BCUT2D eigenvalue weighted by molar-refractivity contribution is -0.618. The molecule has 0 aromatic carbocycles. The van der Waals surface area contributed by atoms with Crippen LogP contribution in [0.3, 0.4) is 0 Å². The summed E-state index contributed by atoms with van der Waals surface area (Å²) in [5.74, 6) is -3.70. The highest BCUT2D eigenvalue weighted by atomic mass is 16.7. The Labute approximate surface area is 91.7 Å². The van der Waals surface area contributed by atoms with Crippen LogP contribution in [0.2, 0.25) is 0 Å². The Morgan fingerprint density at radius 3 is 1.94 bits per heavy atom. The van der Waals surface area contributed by atoms with Gasteiger partial charge in [-0.05, 0) is 0 Å². The van der Waals surface area contributed by atoms with E-state index in [2.05, 4.69) is 0 Å². The first-order chi connectivity index (χ1) is 7.70. The minimum atomic E-state index is -2.37. The van der Waals surface area contributed by atoms with Crippen LogP contribution in [0, 0.1) is 30.3 Å². The van der Waals surface area contributed by atoms with Gasteiger partial charge in [0, 0.05) is 6.92 Å². The molecule has 0 saturated carbocycles. The number of carbonyl (C=O) groups excluding carboxylic acids is 1. The molecule has 0 spiro atoms. The van der Waals surface area contributed by atoms with Crippen LogP contribution in [0.1, 0.15) is 6.92 Å². The summed E-state index contributed by atoms with van der Waals surface area (Å²) in [6, 6.07) is 0. The SMILES string of the molecule is CC1([N+](=O)[O-])NC(=C([N+](=O)[O-])[N+](=O)[O-])NC1=O. The second-order valence-electron chi connectivity index (χ2n) is 3.12. The molecule has 1 unspecified atom stereocenters. The highest BCUT2D eigenvalue weighted by molar-refractivity contribution is 5.88. The van der Waals surface area contributed by atoms with Crippen LogP contribution >= 0.6 is 0 Å². The van der Waals surface area contributed by atoms with Crippen LogP contribution in [0.5, 0.6) is 0 Å². The maximum atomic E-state index is 11.2. The van der Waals surface area contributed by atoms with E-state index in [1.165, 1.54) is 0 Å². The van der Waals surface area contributed by atoms with E-state index in [1.807, 2.05) is 5.32 Å². The molecular formula is C5H5N5O7. The van der Waals surface area contributed by atoms with E-state index >= 15 is 0 Å². The number of nitrogens with zero attached hydrogens (tertiary/aromatic N) is 3. The van der Waals surface area contributed by atoms with Gasteiger partial charge in [-0.25, -0.2) is 0 Å². The van der Waals surface area contributed by atoms with Gasteiger partial charge in [-0.3, -0.25) is 45.8 Å². The predicted octanol–water partition coefficient (Wildman–Crippen LogP) is -1.62. The van der Waals surface area contributed by atoms with Gasteiger partial charge in [0.05, 0.1) is 4.92 Å². The molecule has 1 fully saturated rings. The Kier molecular flexibility index (Phi) is 2.64. The van der Waals surface area contributed by atoms with E-state index in [0.29, 0.717) is 0 Å². The molecule has 17 heavy (non-hydrogen) atoms. The molecule has 12 heteroatoms. The molecular weight excluding hydrogens is 242 g/mol. The fourth-order valence-electron chi connectivity index (χ4n) is 1.06. The van der Waals surface area contributed by atoms with Gasteiger partial charge >= 0.3 is 17.4 Å². The molecule has 1 aliphatic rings. The minimum absolute atomic E-state index is 0.826. The number of nitro groups is 3. The van der Waals surface area contributed by atoms with E-state index in [1.54, 1.807) is 5.32 Å².